The lowest BCUT2D eigenvalue weighted by Crippen LogP contribution is -2.35. The number of fused-ring (bicyclic) bond motifs is 4. The van der Waals surface area contributed by atoms with E-state index in [0.717, 1.165) is 31.6 Å². The smallest absolute Gasteiger partial charge is 0.131 e. The lowest BCUT2D eigenvalue weighted by molar-refractivity contribution is 0.226. The highest BCUT2D eigenvalue weighted by Gasteiger charge is 2.36. The highest BCUT2D eigenvalue weighted by Crippen LogP contribution is 2.51. The summed E-state index contributed by atoms with van der Waals surface area (Å²) in [7, 11) is 2.21. The van der Waals surface area contributed by atoms with Crippen molar-refractivity contribution >= 4 is 0 Å². The van der Waals surface area contributed by atoms with E-state index in [0.29, 0.717) is 11.8 Å². The predicted octanol–water partition coefficient (Wildman–Crippen LogP) is 3.47. The number of hydrogen-bond donors (Lipinski definition) is 1. The Hall–Kier alpha value is -2.00. The number of ether oxygens (including phenoxy) is 1. The number of phenols is 1. The summed E-state index contributed by atoms with van der Waals surface area (Å²) in [6, 6.07) is 8.81. The number of aromatic hydroxyl groups is 1. The lowest BCUT2D eigenvalue weighted by atomic mass is 9.76. The lowest BCUT2D eigenvalue weighted by Gasteiger charge is -2.40. The fourth-order valence-electron chi connectivity index (χ4n) is 4.62. The van der Waals surface area contributed by atoms with Crippen LogP contribution in [0.15, 0.2) is 24.3 Å². The zero-order valence-electron chi connectivity index (χ0n) is 13.6. The van der Waals surface area contributed by atoms with Gasteiger partial charge in [0.05, 0.1) is 0 Å². The predicted molar refractivity (Wildman–Crippen MR) is 90.1 cm³/mol. The third kappa shape index (κ3) is 1.80. The molecule has 0 spiro atoms. The zero-order chi connectivity index (χ0) is 15.7. The monoisotopic (exact) mass is 307 g/mol. The number of likely N-dealkylation sites (N-methyl/N-ethyl adjacent to an activating group) is 1. The van der Waals surface area contributed by atoms with Crippen LogP contribution in [0.2, 0.25) is 0 Å². The molecule has 0 aromatic heterocycles. The van der Waals surface area contributed by atoms with Crippen LogP contribution in [0.25, 0.3) is 11.1 Å². The zero-order valence-corrected chi connectivity index (χ0v) is 13.6. The van der Waals surface area contributed by atoms with Crippen LogP contribution < -0.4 is 4.74 Å². The van der Waals surface area contributed by atoms with Crippen LogP contribution >= 0.6 is 0 Å². The summed E-state index contributed by atoms with van der Waals surface area (Å²) in [6.07, 6.45) is 3.25. The largest absolute Gasteiger partial charge is 0.508 e. The fraction of sp³-hybridized carbons (Fsp3) is 0.400. The molecular weight excluding hydrogens is 286 g/mol. The Kier molecular flexibility index (Phi) is 2.64. The molecule has 2 heterocycles. The molecule has 0 amide bonds. The van der Waals surface area contributed by atoms with E-state index in [1.54, 1.807) is 0 Å². The molecule has 23 heavy (non-hydrogen) atoms. The van der Waals surface area contributed by atoms with Crippen molar-refractivity contribution in [2.75, 3.05) is 13.6 Å². The molecule has 0 radical (unpaired) electrons. The SMILES string of the molecule is CC1Cc2ccc3c(c2O1)-c1cc(O)cc2c1[C@@H](C3)N(C)CC2. The molecule has 118 valence electrons. The fourth-order valence-corrected chi connectivity index (χ4v) is 4.62. The summed E-state index contributed by atoms with van der Waals surface area (Å²) in [4.78, 5) is 2.45. The average molecular weight is 307 g/mol. The van der Waals surface area contributed by atoms with E-state index < -0.39 is 0 Å². The molecule has 0 saturated heterocycles. The third-order valence-electron chi connectivity index (χ3n) is 5.68. The molecule has 3 heteroatoms. The molecule has 2 aromatic carbocycles. The van der Waals surface area contributed by atoms with Crippen molar-refractivity contribution in [3.63, 3.8) is 0 Å². The van der Waals surface area contributed by atoms with Crippen molar-refractivity contribution in [2.45, 2.75) is 38.3 Å². The summed E-state index contributed by atoms with van der Waals surface area (Å²) < 4.78 is 6.16. The van der Waals surface area contributed by atoms with Crippen LogP contribution in [0, 0.1) is 0 Å². The molecule has 1 unspecified atom stereocenters. The molecular formula is C20H21NO2. The van der Waals surface area contributed by atoms with Gasteiger partial charge in [0, 0.05) is 24.6 Å². The second-order valence-electron chi connectivity index (χ2n) is 7.24. The molecule has 2 atom stereocenters. The summed E-state index contributed by atoms with van der Waals surface area (Å²) >= 11 is 0. The van der Waals surface area contributed by atoms with Gasteiger partial charge in [-0.15, -0.1) is 0 Å². The van der Waals surface area contributed by atoms with E-state index in [2.05, 4.69) is 31.0 Å². The molecule has 0 saturated carbocycles. The van der Waals surface area contributed by atoms with E-state index in [1.165, 1.54) is 33.4 Å². The van der Waals surface area contributed by atoms with Gasteiger partial charge < -0.3 is 9.84 Å². The standard InChI is InChI=1S/C20H21NO2/c1-11-7-14-4-3-12-9-17-18-13(5-6-21(17)2)8-15(22)10-16(18)19(12)20(14)23-11/h3-4,8,10-11,17,22H,5-7,9H2,1-2H3/t11?,17-/m1/s1. The van der Waals surface area contributed by atoms with E-state index in [1.807, 2.05) is 12.1 Å². The van der Waals surface area contributed by atoms with Crippen molar-refractivity contribution in [2.24, 2.45) is 0 Å². The molecule has 5 rings (SSSR count). The van der Waals surface area contributed by atoms with Gasteiger partial charge in [-0.1, -0.05) is 12.1 Å². The number of rotatable bonds is 0. The summed E-state index contributed by atoms with van der Waals surface area (Å²) in [6.45, 7) is 3.18. The topological polar surface area (TPSA) is 32.7 Å². The summed E-state index contributed by atoms with van der Waals surface area (Å²) in [5, 5.41) is 10.2. The first kappa shape index (κ1) is 13.4. The minimum atomic E-state index is 0.241. The highest BCUT2D eigenvalue weighted by atomic mass is 16.5. The van der Waals surface area contributed by atoms with Crippen molar-refractivity contribution in [3.8, 4) is 22.6 Å². The van der Waals surface area contributed by atoms with Gasteiger partial charge >= 0.3 is 0 Å². The van der Waals surface area contributed by atoms with E-state index in [4.69, 9.17) is 4.74 Å². The Balaban J connectivity index is 1.82. The first-order chi connectivity index (χ1) is 11.1. The summed E-state index contributed by atoms with van der Waals surface area (Å²) in [5.41, 5.74) is 7.77. The Morgan fingerprint density at radius 3 is 2.83 bits per heavy atom. The third-order valence-corrected chi connectivity index (χ3v) is 5.68. The first-order valence-corrected chi connectivity index (χ1v) is 8.49. The maximum Gasteiger partial charge on any atom is 0.131 e. The molecule has 0 fully saturated rings. The maximum atomic E-state index is 10.2. The van der Waals surface area contributed by atoms with Crippen molar-refractivity contribution in [3.05, 3.63) is 46.5 Å². The number of nitrogens with zero attached hydrogens (tertiary/aromatic N) is 1. The first-order valence-electron chi connectivity index (χ1n) is 8.49. The minimum Gasteiger partial charge on any atom is -0.508 e. The molecule has 1 aliphatic carbocycles. The number of benzene rings is 2. The normalized spacial score (nSPS) is 24.6. The van der Waals surface area contributed by atoms with Gasteiger partial charge in [0.25, 0.3) is 0 Å². The van der Waals surface area contributed by atoms with Crippen LogP contribution in [0.1, 0.15) is 35.2 Å². The molecule has 2 aromatic rings. The second-order valence-corrected chi connectivity index (χ2v) is 7.24. The van der Waals surface area contributed by atoms with E-state index >= 15 is 0 Å². The number of phenolic OH excluding ortho intramolecular Hbond substituents is 1. The second kappa shape index (κ2) is 4.51. The van der Waals surface area contributed by atoms with Crippen molar-refractivity contribution in [1.29, 1.82) is 0 Å². The maximum absolute atomic E-state index is 10.2. The molecule has 3 nitrogen and oxygen atoms in total. The van der Waals surface area contributed by atoms with Gasteiger partial charge in [0.2, 0.25) is 0 Å². The van der Waals surface area contributed by atoms with Gasteiger partial charge in [-0.05, 0) is 66.8 Å². The Labute approximate surface area is 136 Å². The van der Waals surface area contributed by atoms with Crippen molar-refractivity contribution < 1.29 is 9.84 Å². The van der Waals surface area contributed by atoms with Crippen molar-refractivity contribution in [1.82, 2.24) is 4.90 Å². The van der Waals surface area contributed by atoms with Gasteiger partial charge in [0.1, 0.15) is 17.6 Å². The van der Waals surface area contributed by atoms with E-state index in [-0.39, 0.29) is 6.10 Å². The minimum absolute atomic E-state index is 0.241. The summed E-state index contributed by atoms with van der Waals surface area (Å²) in [5.74, 6) is 1.42. The van der Waals surface area contributed by atoms with Gasteiger partial charge in [0.15, 0.2) is 0 Å². The average Bonchev–Trinajstić information content (AvgIpc) is 2.90. The van der Waals surface area contributed by atoms with Crippen LogP contribution in [0.5, 0.6) is 11.5 Å². The van der Waals surface area contributed by atoms with Crippen LogP contribution in [0.3, 0.4) is 0 Å². The van der Waals surface area contributed by atoms with Gasteiger partial charge in [-0.25, -0.2) is 0 Å². The van der Waals surface area contributed by atoms with Gasteiger partial charge in [-0.3, -0.25) is 4.90 Å². The Bertz CT molecular complexity index is 827. The Morgan fingerprint density at radius 1 is 1.13 bits per heavy atom. The Morgan fingerprint density at radius 2 is 1.96 bits per heavy atom. The van der Waals surface area contributed by atoms with Crippen LogP contribution in [0.4, 0.5) is 0 Å². The quantitative estimate of drug-likeness (QED) is 0.809. The molecule has 0 bridgehead atoms. The highest BCUT2D eigenvalue weighted by molar-refractivity contribution is 5.83. The van der Waals surface area contributed by atoms with Gasteiger partial charge in [-0.2, -0.15) is 0 Å². The molecule has 3 aliphatic rings. The molecule has 2 aliphatic heterocycles. The number of hydrogen-bond acceptors (Lipinski definition) is 3. The molecule has 1 N–H and O–H groups in total. The van der Waals surface area contributed by atoms with Crippen LogP contribution in [-0.4, -0.2) is 29.7 Å². The van der Waals surface area contributed by atoms with Crippen LogP contribution in [-0.2, 0) is 19.3 Å². The van der Waals surface area contributed by atoms with E-state index in [9.17, 15) is 5.11 Å².